The Morgan fingerprint density at radius 2 is 1.81 bits per heavy atom. The molecule has 1 aliphatic rings. The van der Waals surface area contributed by atoms with Crippen molar-refractivity contribution in [1.29, 1.82) is 0 Å². The normalized spacial score (nSPS) is 15.4. The molecule has 4 rings (SSSR count). The van der Waals surface area contributed by atoms with Crippen LogP contribution in [0.5, 0.6) is 5.75 Å². The number of aromatic nitrogens is 2. The van der Waals surface area contributed by atoms with E-state index in [4.69, 9.17) is 4.74 Å². The fraction of sp³-hybridized carbons (Fsp3) is 0.429. The molecule has 0 N–H and O–H groups in total. The van der Waals surface area contributed by atoms with Gasteiger partial charge in [0.25, 0.3) is 0 Å². The summed E-state index contributed by atoms with van der Waals surface area (Å²) in [7, 11) is 0. The van der Waals surface area contributed by atoms with Gasteiger partial charge in [-0.3, -0.25) is 4.90 Å². The number of rotatable bonds is 6. The molecule has 1 saturated heterocycles. The van der Waals surface area contributed by atoms with Gasteiger partial charge in [0, 0.05) is 37.6 Å². The van der Waals surface area contributed by atoms with E-state index >= 15 is 0 Å². The van der Waals surface area contributed by atoms with Crippen LogP contribution >= 0.6 is 11.3 Å². The molecule has 0 aliphatic carbocycles. The molecule has 6 heteroatoms. The lowest BCUT2D eigenvalue weighted by atomic mass is 10.2. The van der Waals surface area contributed by atoms with Crippen LogP contribution < -0.4 is 9.64 Å². The second kappa shape index (κ2) is 8.23. The van der Waals surface area contributed by atoms with Gasteiger partial charge in [-0.2, -0.15) is 0 Å². The average molecular weight is 383 g/mol. The van der Waals surface area contributed by atoms with Crippen molar-refractivity contribution in [3.63, 3.8) is 0 Å². The summed E-state index contributed by atoms with van der Waals surface area (Å²) in [5.74, 6) is 2.04. The molecule has 0 saturated carbocycles. The van der Waals surface area contributed by atoms with Crippen LogP contribution in [-0.2, 0) is 13.0 Å². The summed E-state index contributed by atoms with van der Waals surface area (Å²) in [6, 6.07) is 10.7. The predicted octanol–water partition coefficient (Wildman–Crippen LogP) is 3.97. The number of hydrogen-bond acceptors (Lipinski definition) is 6. The van der Waals surface area contributed by atoms with Gasteiger partial charge in [0.05, 0.1) is 12.0 Å². The van der Waals surface area contributed by atoms with Gasteiger partial charge in [0.1, 0.15) is 22.7 Å². The second-order valence-corrected chi connectivity index (χ2v) is 7.94. The van der Waals surface area contributed by atoms with Crippen LogP contribution in [0, 0.1) is 0 Å². The third kappa shape index (κ3) is 4.06. The van der Waals surface area contributed by atoms with Crippen LogP contribution in [0.1, 0.15) is 24.3 Å². The Balaban J connectivity index is 1.39. The van der Waals surface area contributed by atoms with Gasteiger partial charge in [-0.05, 0) is 37.1 Å². The Kier molecular flexibility index (Phi) is 5.55. The number of hydrogen-bond donors (Lipinski definition) is 0. The zero-order valence-corrected chi connectivity index (χ0v) is 16.8. The Bertz CT molecular complexity index is 885. The van der Waals surface area contributed by atoms with Crippen molar-refractivity contribution in [2.45, 2.75) is 26.8 Å². The Morgan fingerprint density at radius 3 is 2.52 bits per heavy atom. The molecule has 3 aromatic rings. The van der Waals surface area contributed by atoms with Crippen molar-refractivity contribution in [1.82, 2.24) is 14.9 Å². The first-order chi connectivity index (χ1) is 13.3. The number of thiophene rings is 1. The standard InChI is InChI=1S/C21H26N4OS/c1-3-18-13-19-20(22-15-23-21(19)27-18)25-11-9-24(10-12-25)14-16-5-7-17(8-6-16)26-4-2/h5-8,13,15H,3-4,9-12,14H2,1-2H3. The minimum Gasteiger partial charge on any atom is -0.494 e. The fourth-order valence-corrected chi connectivity index (χ4v) is 4.48. The van der Waals surface area contributed by atoms with Crippen molar-refractivity contribution in [2.24, 2.45) is 0 Å². The zero-order valence-electron chi connectivity index (χ0n) is 16.0. The quantitative estimate of drug-likeness (QED) is 0.645. The van der Waals surface area contributed by atoms with E-state index in [0.29, 0.717) is 6.61 Å². The van der Waals surface area contributed by atoms with Gasteiger partial charge in [0.2, 0.25) is 0 Å². The number of ether oxygens (including phenoxy) is 1. The van der Waals surface area contributed by atoms with Gasteiger partial charge in [-0.15, -0.1) is 11.3 Å². The Morgan fingerprint density at radius 1 is 1.04 bits per heavy atom. The van der Waals surface area contributed by atoms with E-state index in [2.05, 4.69) is 57.0 Å². The van der Waals surface area contributed by atoms with Crippen LogP contribution in [0.15, 0.2) is 36.7 Å². The molecule has 3 heterocycles. The van der Waals surface area contributed by atoms with E-state index in [0.717, 1.165) is 55.5 Å². The topological polar surface area (TPSA) is 41.5 Å². The van der Waals surface area contributed by atoms with Crippen molar-refractivity contribution >= 4 is 27.4 Å². The summed E-state index contributed by atoms with van der Waals surface area (Å²) in [6.07, 6.45) is 2.76. The molecule has 0 radical (unpaired) electrons. The first kappa shape index (κ1) is 18.2. The number of benzene rings is 1. The summed E-state index contributed by atoms with van der Waals surface area (Å²) < 4.78 is 5.53. The number of nitrogens with zero attached hydrogens (tertiary/aromatic N) is 4. The van der Waals surface area contributed by atoms with Crippen LogP contribution in [0.25, 0.3) is 10.2 Å². The number of fused-ring (bicyclic) bond motifs is 1. The van der Waals surface area contributed by atoms with Crippen molar-refractivity contribution in [3.05, 3.63) is 47.1 Å². The molecule has 0 bridgehead atoms. The molecule has 1 fully saturated rings. The second-order valence-electron chi connectivity index (χ2n) is 6.82. The predicted molar refractivity (Wildman–Crippen MR) is 112 cm³/mol. The third-order valence-corrected chi connectivity index (χ3v) is 6.21. The first-order valence-corrected chi connectivity index (χ1v) is 10.5. The Labute approximate surface area is 164 Å². The maximum atomic E-state index is 5.53. The molecular formula is C21H26N4OS. The molecule has 0 spiro atoms. The molecular weight excluding hydrogens is 356 g/mol. The molecule has 5 nitrogen and oxygen atoms in total. The van der Waals surface area contributed by atoms with Crippen LogP contribution in [0.2, 0.25) is 0 Å². The van der Waals surface area contributed by atoms with Gasteiger partial charge >= 0.3 is 0 Å². The highest BCUT2D eigenvalue weighted by Gasteiger charge is 2.20. The van der Waals surface area contributed by atoms with Gasteiger partial charge in [-0.1, -0.05) is 19.1 Å². The maximum absolute atomic E-state index is 5.53. The summed E-state index contributed by atoms with van der Waals surface area (Å²) in [5.41, 5.74) is 1.33. The van der Waals surface area contributed by atoms with Gasteiger partial charge < -0.3 is 9.64 Å². The number of piperazine rings is 1. The Hall–Kier alpha value is -2.18. The van der Waals surface area contributed by atoms with E-state index in [9.17, 15) is 0 Å². The smallest absolute Gasteiger partial charge is 0.140 e. The van der Waals surface area contributed by atoms with Crippen LogP contribution in [0.3, 0.4) is 0 Å². The van der Waals surface area contributed by atoms with E-state index in [1.165, 1.54) is 15.8 Å². The van der Waals surface area contributed by atoms with E-state index < -0.39 is 0 Å². The molecule has 0 atom stereocenters. The molecule has 1 aliphatic heterocycles. The minimum atomic E-state index is 0.710. The molecule has 1 aromatic carbocycles. The SMILES string of the molecule is CCOc1ccc(CN2CCN(c3ncnc4sc(CC)cc34)CC2)cc1. The highest BCUT2D eigenvalue weighted by Crippen LogP contribution is 2.31. The van der Waals surface area contributed by atoms with Crippen molar-refractivity contribution in [2.75, 3.05) is 37.7 Å². The van der Waals surface area contributed by atoms with Gasteiger partial charge in [0.15, 0.2) is 0 Å². The van der Waals surface area contributed by atoms with Crippen molar-refractivity contribution < 1.29 is 4.74 Å². The first-order valence-electron chi connectivity index (χ1n) is 9.69. The lowest BCUT2D eigenvalue weighted by Gasteiger charge is -2.35. The maximum Gasteiger partial charge on any atom is 0.140 e. The fourth-order valence-electron chi connectivity index (χ4n) is 3.55. The summed E-state index contributed by atoms with van der Waals surface area (Å²) in [5, 5.41) is 1.21. The van der Waals surface area contributed by atoms with E-state index in [-0.39, 0.29) is 0 Å². The largest absolute Gasteiger partial charge is 0.494 e. The third-order valence-electron chi connectivity index (χ3n) is 5.02. The molecule has 0 unspecified atom stereocenters. The monoisotopic (exact) mass is 382 g/mol. The van der Waals surface area contributed by atoms with Crippen LogP contribution in [0.4, 0.5) is 5.82 Å². The zero-order chi connectivity index (χ0) is 18.6. The molecule has 27 heavy (non-hydrogen) atoms. The summed E-state index contributed by atoms with van der Waals surface area (Å²) in [6.45, 7) is 9.99. The lowest BCUT2D eigenvalue weighted by Crippen LogP contribution is -2.46. The average Bonchev–Trinajstić information content (AvgIpc) is 3.14. The summed E-state index contributed by atoms with van der Waals surface area (Å²) in [4.78, 5) is 16.5. The number of aryl methyl sites for hydroxylation is 1. The van der Waals surface area contributed by atoms with Crippen molar-refractivity contribution in [3.8, 4) is 5.75 Å². The molecule has 2 aromatic heterocycles. The highest BCUT2D eigenvalue weighted by molar-refractivity contribution is 7.18. The molecule has 0 amide bonds. The van der Waals surface area contributed by atoms with Gasteiger partial charge in [-0.25, -0.2) is 9.97 Å². The number of anilines is 1. The van der Waals surface area contributed by atoms with Crippen LogP contribution in [-0.4, -0.2) is 47.7 Å². The minimum absolute atomic E-state index is 0.710. The molecule has 142 valence electrons. The highest BCUT2D eigenvalue weighted by atomic mass is 32.1. The lowest BCUT2D eigenvalue weighted by molar-refractivity contribution is 0.249. The van der Waals surface area contributed by atoms with E-state index in [1.54, 1.807) is 17.7 Å². The summed E-state index contributed by atoms with van der Waals surface area (Å²) >= 11 is 1.78. The van der Waals surface area contributed by atoms with E-state index in [1.807, 2.05) is 6.92 Å².